The number of hydrogen-bond acceptors (Lipinski definition) is 2. The van der Waals surface area contributed by atoms with E-state index in [9.17, 15) is 4.79 Å². The summed E-state index contributed by atoms with van der Waals surface area (Å²) in [4.78, 5) is 12.0. The summed E-state index contributed by atoms with van der Waals surface area (Å²) >= 11 is 0. The van der Waals surface area contributed by atoms with Crippen LogP contribution in [0.15, 0.2) is 42.5 Å². The van der Waals surface area contributed by atoms with Gasteiger partial charge in [0.05, 0.1) is 0 Å². The number of aryl methyl sites for hydroxylation is 2. The molecule has 0 saturated heterocycles. The third-order valence-corrected chi connectivity index (χ3v) is 3.17. The van der Waals surface area contributed by atoms with Gasteiger partial charge in [0.15, 0.2) is 0 Å². The first-order valence-electron chi connectivity index (χ1n) is 6.96. The van der Waals surface area contributed by atoms with E-state index in [4.69, 9.17) is 5.73 Å². The van der Waals surface area contributed by atoms with Crippen LogP contribution in [-0.4, -0.2) is 6.03 Å². The van der Waals surface area contributed by atoms with E-state index in [1.54, 1.807) is 0 Å². The maximum absolute atomic E-state index is 12.0. The molecule has 2 aromatic rings. The zero-order chi connectivity index (χ0) is 15.4. The Bertz CT molecular complexity index is 613. The molecule has 0 bridgehead atoms. The van der Waals surface area contributed by atoms with Crippen molar-refractivity contribution in [2.75, 3.05) is 10.6 Å². The minimum atomic E-state index is -0.256. The summed E-state index contributed by atoms with van der Waals surface area (Å²) in [5.41, 5.74) is 10.6. The predicted molar refractivity (Wildman–Crippen MR) is 87.6 cm³/mol. The van der Waals surface area contributed by atoms with E-state index in [1.807, 2.05) is 57.2 Å². The van der Waals surface area contributed by atoms with Crippen LogP contribution in [0.1, 0.15) is 29.7 Å². The number of amides is 2. The number of carbonyl (C=O) groups excluding carboxylic acids is 1. The molecule has 4 nitrogen and oxygen atoms in total. The minimum Gasteiger partial charge on any atom is -0.324 e. The van der Waals surface area contributed by atoms with Gasteiger partial charge in [-0.1, -0.05) is 18.2 Å². The number of rotatable bonds is 3. The third-order valence-electron chi connectivity index (χ3n) is 3.17. The molecule has 4 N–H and O–H groups in total. The maximum atomic E-state index is 12.0. The van der Waals surface area contributed by atoms with Crippen molar-refractivity contribution < 1.29 is 4.79 Å². The van der Waals surface area contributed by atoms with Gasteiger partial charge in [-0.25, -0.2) is 4.79 Å². The summed E-state index contributed by atoms with van der Waals surface area (Å²) in [7, 11) is 0. The van der Waals surface area contributed by atoms with Crippen LogP contribution in [0.4, 0.5) is 16.2 Å². The van der Waals surface area contributed by atoms with Gasteiger partial charge in [-0.2, -0.15) is 0 Å². The molecule has 0 spiro atoms. The quantitative estimate of drug-likeness (QED) is 0.798. The SMILES string of the molecule is Cc1cc(C)cc(NC(=O)Nc2ccc(C(C)N)cc2)c1. The standard InChI is InChI=1S/C17H21N3O/c1-11-8-12(2)10-16(9-11)20-17(21)19-15-6-4-14(5-7-15)13(3)18/h4-10,13H,18H2,1-3H3,(H2,19,20,21). The van der Waals surface area contributed by atoms with E-state index in [0.717, 1.165) is 28.1 Å². The lowest BCUT2D eigenvalue weighted by Gasteiger charge is -2.10. The summed E-state index contributed by atoms with van der Waals surface area (Å²) in [6.45, 7) is 5.93. The van der Waals surface area contributed by atoms with Crippen LogP contribution in [-0.2, 0) is 0 Å². The molecule has 0 aromatic heterocycles. The zero-order valence-corrected chi connectivity index (χ0v) is 12.6. The van der Waals surface area contributed by atoms with Gasteiger partial charge in [-0.15, -0.1) is 0 Å². The van der Waals surface area contributed by atoms with Crippen LogP contribution in [0, 0.1) is 13.8 Å². The topological polar surface area (TPSA) is 67.2 Å². The van der Waals surface area contributed by atoms with Crippen molar-refractivity contribution in [1.82, 2.24) is 0 Å². The first kappa shape index (κ1) is 15.1. The van der Waals surface area contributed by atoms with E-state index in [-0.39, 0.29) is 12.1 Å². The lowest BCUT2D eigenvalue weighted by atomic mass is 10.1. The zero-order valence-electron chi connectivity index (χ0n) is 12.6. The van der Waals surface area contributed by atoms with Crippen LogP contribution < -0.4 is 16.4 Å². The average Bonchev–Trinajstić information content (AvgIpc) is 2.37. The largest absolute Gasteiger partial charge is 0.324 e. The highest BCUT2D eigenvalue weighted by atomic mass is 16.2. The summed E-state index contributed by atoms with van der Waals surface area (Å²) in [6, 6.07) is 13.2. The van der Waals surface area contributed by atoms with Crippen LogP contribution in [0.5, 0.6) is 0 Å². The molecule has 21 heavy (non-hydrogen) atoms. The molecule has 2 rings (SSSR count). The van der Waals surface area contributed by atoms with Crippen molar-refractivity contribution >= 4 is 17.4 Å². The second-order valence-corrected chi connectivity index (χ2v) is 5.37. The summed E-state index contributed by atoms with van der Waals surface area (Å²) < 4.78 is 0. The molecule has 110 valence electrons. The Labute approximate surface area is 125 Å². The molecule has 2 aromatic carbocycles. The molecule has 2 amide bonds. The summed E-state index contributed by atoms with van der Waals surface area (Å²) in [5, 5.41) is 5.64. The number of anilines is 2. The predicted octanol–water partition coefficient (Wildman–Crippen LogP) is 3.97. The second kappa shape index (κ2) is 6.41. The number of nitrogens with one attached hydrogen (secondary N) is 2. The maximum Gasteiger partial charge on any atom is 0.323 e. The Kier molecular flexibility index (Phi) is 4.60. The molecule has 0 aliphatic rings. The van der Waals surface area contributed by atoms with Crippen molar-refractivity contribution in [1.29, 1.82) is 0 Å². The highest BCUT2D eigenvalue weighted by molar-refractivity contribution is 5.99. The van der Waals surface area contributed by atoms with Gasteiger partial charge in [-0.3, -0.25) is 0 Å². The fraction of sp³-hybridized carbons (Fsp3) is 0.235. The molecule has 0 saturated carbocycles. The minimum absolute atomic E-state index is 0.0110. The van der Waals surface area contributed by atoms with Gasteiger partial charge in [0.1, 0.15) is 0 Å². The number of carbonyl (C=O) groups is 1. The highest BCUT2D eigenvalue weighted by Gasteiger charge is 2.04. The van der Waals surface area contributed by atoms with E-state index >= 15 is 0 Å². The fourth-order valence-electron chi connectivity index (χ4n) is 2.21. The summed E-state index contributed by atoms with van der Waals surface area (Å²) in [6.07, 6.45) is 0. The molecule has 0 fully saturated rings. The first-order valence-corrected chi connectivity index (χ1v) is 6.96. The molecule has 1 unspecified atom stereocenters. The Morgan fingerprint density at radius 3 is 2.00 bits per heavy atom. The lowest BCUT2D eigenvalue weighted by Crippen LogP contribution is -2.19. The van der Waals surface area contributed by atoms with E-state index in [0.29, 0.717) is 0 Å². The lowest BCUT2D eigenvalue weighted by molar-refractivity contribution is 0.262. The number of benzene rings is 2. The molecule has 4 heteroatoms. The van der Waals surface area contributed by atoms with Gasteiger partial charge in [0.25, 0.3) is 0 Å². The van der Waals surface area contributed by atoms with Crippen LogP contribution in [0.25, 0.3) is 0 Å². The van der Waals surface area contributed by atoms with E-state index in [1.165, 1.54) is 0 Å². The fourth-order valence-corrected chi connectivity index (χ4v) is 2.21. The van der Waals surface area contributed by atoms with Crippen molar-refractivity contribution in [2.45, 2.75) is 26.8 Å². The number of hydrogen-bond donors (Lipinski definition) is 3. The van der Waals surface area contributed by atoms with E-state index < -0.39 is 0 Å². The van der Waals surface area contributed by atoms with Crippen LogP contribution in [0.2, 0.25) is 0 Å². The summed E-state index contributed by atoms with van der Waals surface area (Å²) in [5.74, 6) is 0. The first-order chi connectivity index (χ1) is 9.94. The Morgan fingerprint density at radius 2 is 1.48 bits per heavy atom. The third kappa shape index (κ3) is 4.33. The van der Waals surface area contributed by atoms with Crippen molar-refractivity contribution in [3.63, 3.8) is 0 Å². The van der Waals surface area contributed by atoms with Gasteiger partial charge >= 0.3 is 6.03 Å². The molecule has 0 radical (unpaired) electrons. The highest BCUT2D eigenvalue weighted by Crippen LogP contribution is 2.16. The monoisotopic (exact) mass is 283 g/mol. The molecular weight excluding hydrogens is 262 g/mol. The van der Waals surface area contributed by atoms with Crippen molar-refractivity contribution in [3.8, 4) is 0 Å². The Morgan fingerprint density at radius 1 is 0.952 bits per heavy atom. The van der Waals surface area contributed by atoms with Gasteiger partial charge in [-0.05, 0) is 61.7 Å². The average molecular weight is 283 g/mol. The van der Waals surface area contributed by atoms with Gasteiger partial charge in [0.2, 0.25) is 0 Å². The van der Waals surface area contributed by atoms with E-state index in [2.05, 4.69) is 16.7 Å². The van der Waals surface area contributed by atoms with Gasteiger partial charge < -0.3 is 16.4 Å². The molecular formula is C17H21N3O. The van der Waals surface area contributed by atoms with Crippen molar-refractivity contribution in [2.24, 2.45) is 5.73 Å². The van der Waals surface area contributed by atoms with Crippen LogP contribution in [0.3, 0.4) is 0 Å². The van der Waals surface area contributed by atoms with Gasteiger partial charge in [0, 0.05) is 17.4 Å². The number of urea groups is 1. The molecule has 0 aliphatic carbocycles. The Hall–Kier alpha value is -2.33. The molecule has 0 aliphatic heterocycles. The second-order valence-electron chi connectivity index (χ2n) is 5.37. The molecule has 1 atom stereocenters. The Balaban J connectivity index is 2.01. The number of nitrogens with two attached hydrogens (primary N) is 1. The normalized spacial score (nSPS) is 11.8. The van der Waals surface area contributed by atoms with Crippen molar-refractivity contribution in [3.05, 3.63) is 59.2 Å². The smallest absolute Gasteiger partial charge is 0.323 e. The molecule has 0 heterocycles. The van der Waals surface area contributed by atoms with Crippen LogP contribution >= 0.6 is 0 Å².